The van der Waals surface area contributed by atoms with Gasteiger partial charge in [-0.15, -0.1) is 0 Å². The number of hydrogen-bond acceptors (Lipinski definition) is 6. The van der Waals surface area contributed by atoms with Gasteiger partial charge in [0.05, 0.1) is 6.04 Å². The lowest BCUT2D eigenvalue weighted by molar-refractivity contribution is -0.142. The van der Waals surface area contributed by atoms with E-state index in [1.165, 1.54) is 12.1 Å². The molecule has 0 spiro atoms. The molecule has 4 atom stereocenters. The van der Waals surface area contributed by atoms with Crippen LogP contribution >= 0.6 is 0 Å². The molecule has 1 aliphatic heterocycles. The number of rotatable bonds is 13. The Morgan fingerprint density at radius 2 is 1.17 bits per heavy atom. The predicted octanol–water partition coefficient (Wildman–Crippen LogP) is 1.71. The Balaban J connectivity index is 1.53. The van der Waals surface area contributed by atoms with Gasteiger partial charge in [-0.05, 0) is 48.2 Å². The zero-order valence-corrected chi connectivity index (χ0v) is 23.2. The van der Waals surface area contributed by atoms with Crippen LogP contribution in [0.1, 0.15) is 29.5 Å². The first-order valence-electron chi connectivity index (χ1n) is 14.0. The van der Waals surface area contributed by atoms with Gasteiger partial charge in [0.15, 0.2) is 0 Å². The number of carboxylic acid groups (broad SMARTS) is 1. The number of phenols is 1. The average molecular weight is 573 g/mol. The standard InChI is InChI=1S/C32H36N4O6/c37-24-15-13-23(14-16-24)20-28(32(41)42)36-31(40)27(19-22-10-5-2-6-11-22)35-30(39)26(18-21-8-3-1-4-9-21)34-29(38)25-12-7-17-33-25/h1-6,8-11,13-16,25-28,33,37H,7,12,17-20H2,(H,34,38)(H,35,39)(H,36,40)(H,41,42). The number of amides is 3. The molecule has 220 valence electrons. The summed E-state index contributed by atoms with van der Waals surface area (Å²) < 4.78 is 0. The Labute approximate surface area is 244 Å². The van der Waals surface area contributed by atoms with Gasteiger partial charge in [0.2, 0.25) is 17.7 Å². The number of phenolic OH excluding ortho intramolecular Hbond substituents is 1. The molecule has 0 bridgehead atoms. The number of nitrogens with one attached hydrogen (secondary N) is 4. The molecule has 10 nitrogen and oxygen atoms in total. The first-order chi connectivity index (χ1) is 20.3. The fraction of sp³-hybridized carbons (Fsp3) is 0.312. The van der Waals surface area contributed by atoms with Crippen molar-refractivity contribution in [1.29, 1.82) is 0 Å². The average Bonchev–Trinajstić information content (AvgIpc) is 3.54. The fourth-order valence-corrected chi connectivity index (χ4v) is 4.91. The molecule has 0 saturated carbocycles. The van der Waals surface area contributed by atoms with Crippen LogP contribution in [-0.2, 0) is 38.4 Å². The van der Waals surface area contributed by atoms with Gasteiger partial charge in [-0.25, -0.2) is 4.79 Å². The highest BCUT2D eigenvalue weighted by Crippen LogP contribution is 2.13. The summed E-state index contributed by atoms with van der Waals surface area (Å²) in [5.74, 6) is -2.69. The van der Waals surface area contributed by atoms with E-state index in [-0.39, 0.29) is 30.9 Å². The molecule has 4 unspecified atom stereocenters. The zero-order valence-electron chi connectivity index (χ0n) is 23.2. The maximum absolute atomic E-state index is 13.7. The van der Waals surface area contributed by atoms with Crippen molar-refractivity contribution in [1.82, 2.24) is 21.3 Å². The Kier molecular flexibility index (Phi) is 10.7. The molecule has 1 heterocycles. The maximum Gasteiger partial charge on any atom is 0.326 e. The first kappa shape index (κ1) is 30.3. The molecular formula is C32H36N4O6. The normalized spacial score (nSPS) is 16.5. The van der Waals surface area contributed by atoms with E-state index < -0.39 is 42.0 Å². The predicted molar refractivity (Wildman–Crippen MR) is 157 cm³/mol. The third-order valence-electron chi connectivity index (χ3n) is 7.20. The van der Waals surface area contributed by atoms with Crippen LogP contribution in [0.4, 0.5) is 0 Å². The van der Waals surface area contributed by atoms with Crippen LogP contribution in [0.15, 0.2) is 84.9 Å². The molecule has 6 N–H and O–H groups in total. The Hall–Kier alpha value is -4.70. The molecule has 4 rings (SSSR count). The molecule has 0 aliphatic carbocycles. The van der Waals surface area contributed by atoms with Crippen LogP contribution in [0.5, 0.6) is 5.75 Å². The van der Waals surface area contributed by atoms with Crippen molar-refractivity contribution in [2.45, 2.75) is 56.3 Å². The molecule has 1 aliphatic rings. The fourth-order valence-electron chi connectivity index (χ4n) is 4.91. The Morgan fingerprint density at radius 1 is 0.690 bits per heavy atom. The van der Waals surface area contributed by atoms with Crippen molar-refractivity contribution in [2.24, 2.45) is 0 Å². The van der Waals surface area contributed by atoms with Crippen LogP contribution in [0.2, 0.25) is 0 Å². The van der Waals surface area contributed by atoms with E-state index in [0.29, 0.717) is 12.0 Å². The number of carboxylic acids is 1. The molecule has 0 radical (unpaired) electrons. The number of hydrogen-bond donors (Lipinski definition) is 6. The Morgan fingerprint density at radius 3 is 1.67 bits per heavy atom. The van der Waals surface area contributed by atoms with Crippen LogP contribution in [0, 0.1) is 0 Å². The maximum atomic E-state index is 13.7. The van der Waals surface area contributed by atoms with E-state index in [0.717, 1.165) is 24.1 Å². The summed E-state index contributed by atoms with van der Waals surface area (Å²) in [5.41, 5.74) is 2.21. The SMILES string of the molecule is O=C(O)C(Cc1ccc(O)cc1)NC(=O)C(Cc1ccccc1)NC(=O)C(Cc1ccccc1)NC(=O)C1CCCN1. The highest BCUT2D eigenvalue weighted by molar-refractivity contribution is 5.94. The van der Waals surface area contributed by atoms with E-state index in [1.807, 2.05) is 60.7 Å². The van der Waals surface area contributed by atoms with Crippen molar-refractivity contribution in [2.75, 3.05) is 6.54 Å². The summed E-state index contributed by atoms with van der Waals surface area (Å²) in [7, 11) is 0. The lowest BCUT2D eigenvalue weighted by Crippen LogP contribution is -2.58. The summed E-state index contributed by atoms with van der Waals surface area (Å²) in [4.78, 5) is 52.2. The van der Waals surface area contributed by atoms with Gasteiger partial charge < -0.3 is 31.5 Å². The third kappa shape index (κ3) is 8.90. The van der Waals surface area contributed by atoms with Gasteiger partial charge in [0.1, 0.15) is 23.9 Å². The topological polar surface area (TPSA) is 157 Å². The first-order valence-corrected chi connectivity index (χ1v) is 14.0. The van der Waals surface area contributed by atoms with Gasteiger partial charge >= 0.3 is 5.97 Å². The van der Waals surface area contributed by atoms with E-state index in [2.05, 4.69) is 21.3 Å². The lowest BCUT2D eigenvalue weighted by atomic mass is 10.0. The summed E-state index contributed by atoms with van der Waals surface area (Å²) >= 11 is 0. The number of aromatic hydroxyl groups is 1. The monoisotopic (exact) mass is 572 g/mol. The number of carbonyl (C=O) groups excluding carboxylic acids is 3. The molecular weight excluding hydrogens is 536 g/mol. The minimum absolute atomic E-state index is 0.0194. The summed E-state index contributed by atoms with van der Waals surface area (Å²) in [6, 6.07) is 20.6. The van der Waals surface area contributed by atoms with Crippen molar-refractivity contribution in [3.63, 3.8) is 0 Å². The van der Waals surface area contributed by atoms with E-state index in [9.17, 15) is 29.4 Å². The van der Waals surface area contributed by atoms with Crippen LogP contribution < -0.4 is 21.3 Å². The van der Waals surface area contributed by atoms with Crippen molar-refractivity contribution in [3.05, 3.63) is 102 Å². The van der Waals surface area contributed by atoms with E-state index >= 15 is 0 Å². The highest BCUT2D eigenvalue weighted by atomic mass is 16.4. The molecule has 3 aromatic carbocycles. The molecule has 0 aromatic heterocycles. The Bertz CT molecular complexity index is 1340. The van der Waals surface area contributed by atoms with Gasteiger partial charge in [-0.2, -0.15) is 0 Å². The second-order valence-corrected chi connectivity index (χ2v) is 10.4. The number of benzene rings is 3. The van der Waals surface area contributed by atoms with Crippen LogP contribution in [0.25, 0.3) is 0 Å². The van der Waals surface area contributed by atoms with Crippen molar-refractivity contribution in [3.8, 4) is 5.75 Å². The van der Waals surface area contributed by atoms with Gasteiger partial charge in [0, 0.05) is 19.3 Å². The molecule has 10 heteroatoms. The van der Waals surface area contributed by atoms with Crippen molar-refractivity contribution < 1.29 is 29.4 Å². The van der Waals surface area contributed by atoms with Crippen LogP contribution in [-0.4, -0.2) is 64.6 Å². The largest absolute Gasteiger partial charge is 0.508 e. The summed E-state index contributed by atoms with van der Waals surface area (Å²) in [6.45, 7) is 0.724. The van der Waals surface area contributed by atoms with Crippen LogP contribution in [0.3, 0.4) is 0 Å². The highest BCUT2D eigenvalue weighted by Gasteiger charge is 2.32. The van der Waals surface area contributed by atoms with Gasteiger partial charge in [-0.1, -0.05) is 72.8 Å². The molecule has 3 amide bonds. The zero-order chi connectivity index (χ0) is 29.9. The quantitative estimate of drug-likeness (QED) is 0.182. The molecule has 42 heavy (non-hydrogen) atoms. The lowest BCUT2D eigenvalue weighted by Gasteiger charge is -2.25. The summed E-state index contributed by atoms with van der Waals surface area (Å²) in [6.07, 6.45) is 1.84. The van der Waals surface area contributed by atoms with E-state index in [4.69, 9.17) is 0 Å². The third-order valence-corrected chi connectivity index (χ3v) is 7.20. The smallest absolute Gasteiger partial charge is 0.326 e. The second kappa shape index (κ2) is 14.8. The molecule has 1 fully saturated rings. The minimum atomic E-state index is -1.27. The molecule has 3 aromatic rings. The number of carbonyl (C=O) groups is 4. The van der Waals surface area contributed by atoms with Crippen molar-refractivity contribution >= 4 is 23.7 Å². The minimum Gasteiger partial charge on any atom is -0.508 e. The van der Waals surface area contributed by atoms with Gasteiger partial charge in [0.25, 0.3) is 0 Å². The van der Waals surface area contributed by atoms with Gasteiger partial charge in [-0.3, -0.25) is 14.4 Å². The number of aliphatic carboxylic acids is 1. The molecule has 1 saturated heterocycles. The van der Waals surface area contributed by atoms with E-state index in [1.54, 1.807) is 12.1 Å². The second-order valence-electron chi connectivity index (χ2n) is 10.4. The summed E-state index contributed by atoms with van der Waals surface area (Å²) in [5, 5.41) is 30.7.